The highest BCUT2D eigenvalue weighted by molar-refractivity contribution is 5.90. The lowest BCUT2D eigenvalue weighted by Crippen LogP contribution is -2.50. The van der Waals surface area contributed by atoms with Crippen LogP contribution in [-0.4, -0.2) is 48.5 Å². The van der Waals surface area contributed by atoms with E-state index >= 15 is 0 Å². The second kappa shape index (κ2) is 5.14. The van der Waals surface area contributed by atoms with Gasteiger partial charge in [-0.15, -0.1) is 0 Å². The van der Waals surface area contributed by atoms with E-state index in [0.29, 0.717) is 12.5 Å². The van der Waals surface area contributed by atoms with Crippen LogP contribution < -0.4 is 10.6 Å². The summed E-state index contributed by atoms with van der Waals surface area (Å²) in [7, 11) is 2.06. The van der Waals surface area contributed by atoms with Crippen molar-refractivity contribution >= 4 is 11.7 Å². The van der Waals surface area contributed by atoms with Crippen LogP contribution in [0.2, 0.25) is 0 Å². The van der Waals surface area contributed by atoms with Gasteiger partial charge >= 0.3 is 0 Å². The number of anilines is 1. The first-order valence-electron chi connectivity index (χ1n) is 5.60. The molecule has 0 aliphatic carbocycles. The third kappa shape index (κ3) is 2.84. The van der Waals surface area contributed by atoms with Gasteiger partial charge in [-0.05, 0) is 19.2 Å². The average molecular weight is 222 g/mol. The first kappa shape index (κ1) is 11.2. The van der Waals surface area contributed by atoms with E-state index < -0.39 is 0 Å². The lowest BCUT2D eigenvalue weighted by Gasteiger charge is -2.32. The lowest BCUT2D eigenvalue weighted by molar-refractivity contribution is -0.117. The van der Waals surface area contributed by atoms with Crippen molar-refractivity contribution in [3.8, 4) is 0 Å². The van der Waals surface area contributed by atoms with Crippen LogP contribution in [0.15, 0.2) is 18.3 Å². The van der Waals surface area contributed by atoms with E-state index in [1.54, 1.807) is 6.20 Å². The van der Waals surface area contributed by atoms with E-state index in [2.05, 4.69) is 27.6 Å². The Labute approximate surface area is 95.2 Å². The molecule has 0 aromatic carbocycles. The molecule has 1 aliphatic heterocycles. The number of piperazine rings is 1. The van der Waals surface area contributed by atoms with E-state index in [1.165, 1.54) is 0 Å². The monoisotopic (exact) mass is 222 g/mol. The number of carbonyl (C=O) groups is 1. The number of amides is 1. The number of hydrogen-bond donors (Lipinski definition) is 3. The van der Waals surface area contributed by atoms with Crippen molar-refractivity contribution in [2.75, 3.05) is 32.0 Å². The summed E-state index contributed by atoms with van der Waals surface area (Å²) in [5.74, 6) is 0.819. The predicted octanol–water partition coefficient (Wildman–Crippen LogP) is 0.247. The summed E-state index contributed by atoms with van der Waals surface area (Å²) < 4.78 is 0. The lowest BCUT2D eigenvalue weighted by atomic mass is 10.1. The third-order valence-corrected chi connectivity index (χ3v) is 2.94. The molecular formula is C11H18N4O. The standard InChI is InChI=1S/C11H18N4O/c1-15-6-5-12-8-9(15)7-11(16)14-10-3-2-4-13-10/h2-4,9,12-13H,5-8H2,1H3,(H,14,16). The van der Waals surface area contributed by atoms with Crippen LogP contribution in [0.3, 0.4) is 0 Å². The Morgan fingerprint density at radius 2 is 2.56 bits per heavy atom. The SMILES string of the molecule is CN1CCNCC1CC(=O)Nc1ccc[nH]1. The van der Waals surface area contributed by atoms with Gasteiger partial charge in [-0.3, -0.25) is 4.79 Å². The molecule has 1 saturated heterocycles. The van der Waals surface area contributed by atoms with E-state index in [9.17, 15) is 4.79 Å². The first-order valence-corrected chi connectivity index (χ1v) is 5.60. The summed E-state index contributed by atoms with van der Waals surface area (Å²) in [5.41, 5.74) is 0. The normalized spacial score (nSPS) is 21.9. The third-order valence-electron chi connectivity index (χ3n) is 2.94. The van der Waals surface area contributed by atoms with Gasteiger partial charge in [0.15, 0.2) is 0 Å². The van der Waals surface area contributed by atoms with E-state index in [-0.39, 0.29) is 5.91 Å². The molecule has 3 N–H and O–H groups in total. The van der Waals surface area contributed by atoms with Gasteiger partial charge < -0.3 is 20.5 Å². The fourth-order valence-electron chi connectivity index (χ4n) is 1.91. The smallest absolute Gasteiger partial charge is 0.227 e. The Kier molecular flexibility index (Phi) is 3.58. The van der Waals surface area contributed by atoms with Gasteiger partial charge in [0.05, 0.1) is 0 Å². The fraction of sp³-hybridized carbons (Fsp3) is 0.545. The summed E-state index contributed by atoms with van der Waals surface area (Å²) in [6.45, 7) is 2.89. The molecular weight excluding hydrogens is 204 g/mol. The van der Waals surface area contributed by atoms with Crippen LogP contribution in [0.1, 0.15) is 6.42 Å². The minimum Gasteiger partial charge on any atom is -0.348 e. The number of rotatable bonds is 3. The number of aromatic amines is 1. The van der Waals surface area contributed by atoms with Crippen LogP contribution in [0.4, 0.5) is 5.82 Å². The highest BCUT2D eigenvalue weighted by atomic mass is 16.1. The predicted molar refractivity (Wildman–Crippen MR) is 63.3 cm³/mol. The molecule has 0 radical (unpaired) electrons. The zero-order chi connectivity index (χ0) is 11.4. The van der Waals surface area contributed by atoms with E-state index in [0.717, 1.165) is 25.5 Å². The van der Waals surface area contributed by atoms with Crippen molar-refractivity contribution in [2.24, 2.45) is 0 Å². The number of H-pyrrole nitrogens is 1. The van der Waals surface area contributed by atoms with E-state index in [1.807, 2.05) is 12.1 Å². The van der Waals surface area contributed by atoms with E-state index in [4.69, 9.17) is 0 Å². The Balaban J connectivity index is 1.82. The first-order chi connectivity index (χ1) is 7.75. The number of nitrogens with one attached hydrogen (secondary N) is 3. The minimum absolute atomic E-state index is 0.0583. The maximum absolute atomic E-state index is 11.7. The van der Waals surface area contributed by atoms with Crippen LogP contribution in [-0.2, 0) is 4.79 Å². The average Bonchev–Trinajstić information content (AvgIpc) is 2.74. The highest BCUT2D eigenvalue weighted by Gasteiger charge is 2.21. The summed E-state index contributed by atoms with van der Waals surface area (Å²) in [4.78, 5) is 16.9. The van der Waals surface area contributed by atoms with Gasteiger partial charge in [-0.2, -0.15) is 0 Å². The number of carbonyl (C=O) groups excluding carboxylic acids is 1. The molecule has 0 spiro atoms. The molecule has 1 aromatic heterocycles. The fourth-order valence-corrected chi connectivity index (χ4v) is 1.91. The zero-order valence-corrected chi connectivity index (χ0v) is 9.49. The second-order valence-corrected chi connectivity index (χ2v) is 4.17. The van der Waals surface area contributed by atoms with Crippen molar-refractivity contribution in [1.29, 1.82) is 0 Å². The number of hydrogen-bond acceptors (Lipinski definition) is 3. The topological polar surface area (TPSA) is 60.2 Å². The maximum atomic E-state index is 11.7. The van der Waals surface area contributed by atoms with Crippen LogP contribution in [0.25, 0.3) is 0 Å². The van der Waals surface area contributed by atoms with Crippen molar-refractivity contribution in [3.63, 3.8) is 0 Å². The molecule has 0 saturated carbocycles. The molecule has 88 valence electrons. The van der Waals surface area contributed by atoms with Crippen molar-refractivity contribution in [1.82, 2.24) is 15.2 Å². The molecule has 2 rings (SSSR count). The second-order valence-electron chi connectivity index (χ2n) is 4.17. The van der Waals surface area contributed by atoms with Gasteiger partial charge in [0, 0.05) is 38.3 Å². The van der Waals surface area contributed by atoms with Crippen molar-refractivity contribution in [2.45, 2.75) is 12.5 Å². The van der Waals surface area contributed by atoms with Gasteiger partial charge in [0.1, 0.15) is 5.82 Å². The van der Waals surface area contributed by atoms with Crippen LogP contribution >= 0.6 is 0 Å². The maximum Gasteiger partial charge on any atom is 0.227 e. The molecule has 1 amide bonds. The quantitative estimate of drug-likeness (QED) is 0.687. The van der Waals surface area contributed by atoms with Crippen LogP contribution in [0.5, 0.6) is 0 Å². The molecule has 1 atom stereocenters. The van der Waals surface area contributed by atoms with Gasteiger partial charge in [0.25, 0.3) is 0 Å². The molecule has 16 heavy (non-hydrogen) atoms. The van der Waals surface area contributed by atoms with Crippen molar-refractivity contribution < 1.29 is 4.79 Å². The minimum atomic E-state index is 0.0583. The Morgan fingerprint density at radius 3 is 3.25 bits per heavy atom. The molecule has 2 heterocycles. The Morgan fingerprint density at radius 1 is 1.69 bits per heavy atom. The molecule has 1 aromatic rings. The summed E-state index contributed by atoms with van der Waals surface area (Å²) >= 11 is 0. The molecule has 1 unspecified atom stereocenters. The summed E-state index contributed by atoms with van der Waals surface area (Å²) in [6, 6.07) is 4.01. The summed E-state index contributed by atoms with van der Waals surface area (Å²) in [5, 5.41) is 6.14. The molecule has 5 nitrogen and oxygen atoms in total. The number of aromatic nitrogens is 1. The zero-order valence-electron chi connectivity index (χ0n) is 9.49. The molecule has 0 bridgehead atoms. The van der Waals surface area contributed by atoms with Crippen LogP contribution in [0, 0.1) is 0 Å². The number of likely N-dealkylation sites (N-methyl/N-ethyl adjacent to an activating group) is 1. The largest absolute Gasteiger partial charge is 0.348 e. The van der Waals surface area contributed by atoms with Gasteiger partial charge in [-0.25, -0.2) is 0 Å². The Hall–Kier alpha value is -1.33. The molecule has 1 aliphatic rings. The Bertz CT molecular complexity index is 336. The molecule has 1 fully saturated rings. The van der Waals surface area contributed by atoms with Gasteiger partial charge in [-0.1, -0.05) is 0 Å². The van der Waals surface area contributed by atoms with Crippen molar-refractivity contribution in [3.05, 3.63) is 18.3 Å². The number of nitrogens with zero attached hydrogens (tertiary/aromatic N) is 1. The highest BCUT2D eigenvalue weighted by Crippen LogP contribution is 2.07. The van der Waals surface area contributed by atoms with Gasteiger partial charge in [0.2, 0.25) is 5.91 Å². The summed E-state index contributed by atoms with van der Waals surface area (Å²) in [6.07, 6.45) is 2.33. The molecule has 5 heteroatoms.